The summed E-state index contributed by atoms with van der Waals surface area (Å²) in [4.78, 5) is 0. The predicted octanol–water partition coefficient (Wildman–Crippen LogP) is 0.588. The summed E-state index contributed by atoms with van der Waals surface area (Å²) in [7, 11) is -1.77. The zero-order chi connectivity index (χ0) is 15.2. The summed E-state index contributed by atoms with van der Waals surface area (Å²) in [6, 6.07) is 0. The fraction of sp³-hybridized carbons (Fsp3) is 1.00. The Morgan fingerprint density at radius 3 is 2.45 bits per heavy atom. The van der Waals surface area contributed by atoms with Crippen LogP contribution in [0.15, 0.2) is 0 Å². The van der Waals surface area contributed by atoms with Gasteiger partial charge in [0.05, 0.1) is 0 Å². The zero-order valence-corrected chi connectivity index (χ0v) is 13.6. The standard InChI is InChI=1S/C13H28N2O4S/c1-13(2,6-9-19-3)11-14-20(17,18)15-7-4-12(10-16)5-8-15/h12,14,16H,4-11H2,1-3H3. The summed E-state index contributed by atoms with van der Waals surface area (Å²) >= 11 is 0. The maximum absolute atomic E-state index is 12.2. The number of nitrogens with zero attached hydrogens (tertiary/aromatic N) is 1. The first-order valence-electron chi connectivity index (χ1n) is 7.15. The van der Waals surface area contributed by atoms with Crippen molar-refractivity contribution in [2.45, 2.75) is 33.1 Å². The molecule has 2 N–H and O–H groups in total. The lowest BCUT2D eigenvalue weighted by Crippen LogP contribution is -2.47. The number of aliphatic hydroxyl groups excluding tert-OH is 1. The molecule has 1 aliphatic rings. The van der Waals surface area contributed by atoms with Crippen molar-refractivity contribution in [3.63, 3.8) is 0 Å². The number of ether oxygens (including phenoxy) is 1. The zero-order valence-electron chi connectivity index (χ0n) is 12.8. The highest BCUT2D eigenvalue weighted by Crippen LogP contribution is 2.21. The second-order valence-corrected chi connectivity index (χ2v) is 8.01. The average Bonchev–Trinajstić information content (AvgIpc) is 2.43. The molecule has 0 saturated carbocycles. The van der Waals surface area contributed by atoms with Crippen LogP contribution in [0.2, 0.25) is 0 Å². The Balaban J connectivity index is 2.46. The molecule has 0 aliphatic carbocycles. The molecule has 0 bridgehead atoms. The Kier molecular flexibility index (Phi) is 6.87. The second kappa shape index (κ2) is 7.70. The van der Waals surface area contributed by atoms with Crippen LogP contribution < -0.4 is 4.72 Å². The van der Waals surface area contributed by atoms with Crippen molar-refractivity contribution >= 4 is 10.2 Å². The van der Waals surface area contributed by atoms with Crippen LogP contribution in [0.4, 0.5) is 0 Å². The van der Waals surface area contributed by atoms with Gasteiger partial charge in [-0.15, -0.1) is 0 Å². The molecule has 1 saturated heterocycles. The highest BCUT2D eigenvalue weighted by atomic mass is 32.2. The minimum Gasteiger partial charge on any atom is -0.396 e. The van der Waals surface area contributed by atoms with Crippen LogP contribution in [0.25, 0.3) is 0 Å². The van der Waals surface area contributed by atoms with E-state index in [1.165, 1.54) is 4.31 Å². The Morgan fingerprint density at radius 2 is 1.95 bits per heavy atom. The van der Waals surface area contributed by atoms with Crippen molar-refractivity contribution in [1.29, 1.82) is 0 Å². The Hall–Kier alpha value is -0.210. The van der Waals surface area contributed by atoms with Crippen molar-refractivity contribution in [3.05, 3.63) is 0 Å². The first-order valence-corrected chi connectivity index (χ1v) is 8.59. The van der Waals surface area contributed by atoms with Crippen LogP contribution in [0.5, 0.6) is 0 Å². The third-order valence-corrected chi connectivity index (χ3v) is 5.44. The van der Waals surface area contributed by atoms with Gasteiger partial charge in [0, 0.05) is 40.0 Å². The molecule has 1 aliphatic heterocycles. The first-order chi connectivity index (χ1) is 9.30. The smallest absolute Gasteiger partial charge is 0.279 e. The lowest BCUT2D eigenvalue weighted by Gasteiger charge is -2.32. The summed E-state index contributed by atoms with van der Waals surface area (Å²) in [6.45, 7) is 6.18. The molecule has 0 aromatic rings. The van der Waals surface area contributed by atoms with Crippen LogP contribution in [0.1, 0.15) is 33.1 Å². The molecule has 120 valence electrons. The van der Waals surface area contributed by atoms with E-state index in [2.05, 4.69) is 4.72 Å². The predicted molar refractivity (Wildman–Crippen MR) is 78.6 cm³/mol. The van der Waals surface area contributed by atoms with Gasteiger partial charge in [-0.25, -0.2) is 4.72 Å². The van der Waals surface area contributed by atoms with E-state index >= 15 is 0 Å². The van der Waals surface area contributed by atoms with Gasteiger partial charge >= 0.3 is 0 Å². The number of piperidine rings is 1. The average molecular weight is 308 g/mol. The molecule has 0 spiro atoms. The molecule has 6 nitrogen and oxygen atoms in total. The molecule has 7 heteroatoms. The van der Waals surface area contributed by atoms with Crippen LogP contribution in [-0.4, -0.2) is 57.8 Å². The third kappa shape index (κ3) is 5.65. The van der Waals surface area contributed by atoms with Gasteiger partial charge < -0.3 is 9.84 Å². The molecule has 0 aromatic carbocycles. The minimum absolute atomic E-state index is 0.132. The van der Waals surface area contributed by atoms with E-state index in [0.717, 1.165) is 19.3 Å². The maximum atomic E-state index is 12.2. The van der Waals surface area contributed by atoms with Crippen LogP contribution in [0, 0.1) is 11.3 Å². The van der Waals surface area contributed by atoms with E-state index in [9.17, 15) is 8.42 Å². The third-order valence-electron chi connectivity index (χ3n) is 3.89. The SMILES string of the molecule is COCCC(C)(C)CNS(=O)(=O)N1CCC(CO)CC1. The molecule has 20 heavy (non-hydrogen) atoms. The molecule has 0 radical (unpaired) electrons. The molecule has 0 amide bonds. The summed E-state index contributed by atoms with van der Waals surface area (Å²) in [5.41, 5.74) is -0.132. The van der Waals surface area contributed by atoms with Gasteiger partial charge in [0.25, 0.3) is 10.2 Å². The van der Waals surface area contributed by atoms with E-state index < -0.39 is 10.2 Å². The summed E-state index contributed by atoms with van der Waals surface area (Å²) in [5, 5.41) is 9.08. The van der Waals surface area contributed by atoms with Crippen molar-refractivity contribution in [1.82, 2.24) is 9.03 Å². The number of aliphatic hydroxyl groups is 1. The highest BCUT2D eigenvalue weighted by molar-refractivity contribution is 7.87. The molecule has 1 rings (SSSR count). The molecular weight excluding hydrogens is 280 g/mol. The molecule has 0 atom stereocenters. The number of nitrogens with one attached hydrogen (secondary N) is 1. The highest BCUT2D eigenvalue weighted by Gasteiger charge is 2.29. The van der Waals surface area contributed by atoms with Crippen LogP contribution in [0.3, 0.4) is 0 Å². The number of rotatable bonds is 8. The summed E-state index contributed by atoms with van der Waals surface area (Å²) in [5.74, 6) is 0.236. The Morgan fingerprint density at radius 1 is 1.35 bits per heavy atom. The van der Waals surface area contributed by atoms with Crippen molar-refractivity contribution in [2.75, 3.05) is 40.0 Å². The van der Waals surface area contributed by atoms with Crippen LogP contribution in [-0.2, 0) is 14.9 Å². The van der Waals surface area contributed by atoms with Gasteiger partial charge in [0.1, 0.15) is 0 Å². The number of hydrogen-bond donors (Lipinski definition) is 2. The normalized spacial score (nSPS) is 19.4. The van der Waals surface area contributed by atoms with Crippen LogP contribution >= 0.6 is 0 Å². The van der Waals surface area contributed by atoms with Crippen molar-refractivity contribution < 1.29 is 18.3 Å². The topological polar surface area (TPSA) is 78.9 Å². The molecule has 1 heterocycles. The van der Waals surface area contributed by atoms with E-state index in [1.807, 2.05) is 13.8 Å². The Labute approximate surface area is 122 Å². The summed E-state index contributed by atoms with van der Waals surface area (Å²) < 4.78 is 33.7. The maximum Gasteiger partial charge on any atom is 0.279 e. The Bertz CT molecular complexity index is 376. The molecule has 1 fully saturated rings. The largest absolute Gasteiger partial charge is 0.396 e. The fourth-order valence-corrected chi connectivity index (χ4v) is 3.62. The second-order valence-electron chi connectivity index (χ2n) is 6.26. The first kappa shape index (κ1) is 17.8. The van der Waals surface area contributed by atoms with E-state index in [-0.39, 0.29) is 17.9 Å². The summed E-state index contributed by atoms with van der Waals surface area (Å²) in [6.07, 6.45) is 2.26. The van der Waals surface area contributed by atoms with Crippen molar-refractivity contribution in [3.8, 4) is 0 Å². The fourth-order valence-electron chi connectivity index (χ4n) is 2.18. The molecule has 0 aromatic heterocycles. The van der Waals surface area contributed by atoms with Gasteiger partial charge in [0.15, 0.2) is 0 Å². The molecule has 0 unspecified atom stereocenters. The lowest BCUT2D eigenvalue weighted by molar-refractivity contribution is 0.152. The van der Waals surface area contributed by atoms with E-state index in [0.29, 0.717) is 26.2 Å². The van der Waals surface area contributed by atoms with Gasteiger partial charge in [-0.2, -0.15) is 12.7 Å². The van der Waals surface area contributed by atoms with Crippen molar-refractivity contribution in [2.24, 2.45) is 11.3 Å². The molecular formula is C13H28N2O4S. The van der Waals surface area contributed by atoms with Gasteiger partial charge in [0.2, 0.25) is 0 Å². The van der Waals surface area contributed by atoms with E-state index in [1.54, 1.807) is 7.11 Å². The number of methoxy groups -OCH3 is 1. The lowest BCUT2D eigenvalue weighted by atomic mass is 9.90. The minimum atomic E-state index is -3.41. The van der Waals surface area contributed by atoms with Gasteiger partial charge in [-0.1, -0.05) is 13.8 Å². The van der Waals surface area contributed by atoms with E-state index in [4.69, 9.17) is 9.84 Å². The quantitative estimate of drug-likeness (QED) is 0.688. The van der Waals surface area contributed by atoms with Gasteiger partial charge in [-0.05, 0) is 30.6 Å². The van der Waals surface area contributed by atoms with Gasteiger partial charge in [-0.3, -0.25) is 0 Å². The number of hydrogen-bond acceptors (Lipinski definition) is 4. The monoisotopic (exact) mass is 308 g/mol.